The molecule has 0 aliphatic rings. The quantitative estimate of drug-likeness (QED) is 0.705. The smallest absolute Gasteiger partial charge is 0.358 e. The lowest BCUT2D eigenvalue weighted by atomic mass is 10.2. The largest absolute Gasteiger partial charge is 0.488 e. The van der Waals surface area contributed by atoms with Crippen molar-refractivity contribution in [3.63, 3.8) is 0 Å². The molecule has 13 heavy (non-hydrogen) atoms. The average Bonchev–Trinajstić information content (AvgIpc) is 2.03. The van der Waals surface area contributed by atoms with Crippen LogP contribution >= 0.6 is 0 Å². The van der Waals surface area contributed by atoms with Gasteiger partial charge in [0.2, 0.25) is 0 Å². The van der Waals surface area contributed by atoms with E-state index in [0.29, 0.717) is 0 Å². The molecule has 0 fully saturated rings. The fraction of sp³-hybridized carbons (Fsp3) is 0.250. The van der Waals surface area contributed by atoms with Crippen molar-refractivity contribution >= 4 is 10.5 Å². The van der Waals surface area contributed by atoms with Gasteiger partial charge in [0.1, 0.15) is 5.75 Å². The summed E-state index contributed by atoms with van der Waals surface area (Å²) in [6.45, 7) is 1.96. The summed E-state index contributed by atoms with van der Waals surface area (Å²) in [5.74, 6) is -0.0142. The topological polar surface area (TPSA) is 43.4 Å². The van der Waals surface area contributed by atoms with Gasteiger partial charge in [0.25, 0.3) is 0 Å². The van der Waals surface area contributed by atoms with E-state index in [4.69, 9.17) is 0 Å². The molecule has 1 aromatic rings. The molecule has 0 bridgehead atoms. The van der Waals surface area contributed by atoms with E-state index in [0.717, 1.165) is 12.0 Å². The minimum absolute atomic E-state index is 0.0142. The molecule has 3 nitrogen and oxygen atoms in total. The van der Waals surface area contributed by atoms with Crippen molar-refractivity contribution in [1.29, 1.82) is 0 Å². The van der Waals surface area contributed by atoms with Gasteiger partial charge in [-0.05, 0) is 24.1 Å². The highest BCUT2D eigenvalue weighted by atomic mass is 32.3. The SMILES string of the molecule is CCc1ccc(OS(=O)(=O)F)cc1. The van der Waals surface area contributed by atoms with Crippen molar-refractivity contribution in [2.75, 3.05) is 0 Å². The molecule has 5 heteroatoms. The van der Waals surface area contributed by atoms with Gasteiger partial charge in [0.15, 0.2) is 0 Å². The summed E-state index contributed by atoms with van der Waals surface area (Å²) < 4.78 is 36.1. The van der Waals surface area contributed by atoms with Crippen LogP contribution in [0.15, 0.2) is 24.3 Å². The molecule has 0 N–H and O–H groups in total. The van der Waals surface area contributed by atoms with E-state index >= 15 is 0 Å². The normalized spacial score (nSPS) is 11.2. The molecule has 1 aromatic carbocycles. The van der Waals surface area contributed by atoms with E-state index in [-0.39, 0.29) is 5.75 Å². The lowest BCUT2D eigenvalue weighted by molar-refractivity contribution is 0.440. The van der Waals surface area contributed by atoms with Gasteiger partial charge < -0.3 is 4.18 Å². The van der Waals surface area contributed by atoms with Crippen molar-refractivity contribution in [3.05, 3.63) is 29.8 Å². The van der Waals surface area contributed by atoms with Crippen molar-refractivity contribution in [1.82, 2.24) is 0 Å². The van der Waals surface area contributed by atoms with Crippen LogP contribution in [0.4, 0.5) is 3.89 Å². The number of hydrogen-bond acceptors (Lipinski definition) is 3. The average molecular weight is 204 g/mol. The van der Waals surface area contributed by atoms with Gasteiger partial charge in [-0.15, -0.1) is 0 Å². The van der Waals surface area contributed by atoms with Crippen LogP contribution in [0.3, 0.4) is 0 Å². The summed E-state index contributed by atoms with van der Waals surface area (Å²) >= 11 is 0. The van der Waals surface area contributed by atoms with Gasteiger partial charge in [-0.2, -0.15) is 8.42 Å². The Hall–Kier alpha value is -1.10. The van der Waals surface area contributed by atoms with E-state index in [2.05, 4.69) is 4.18 Å². The maximum Gasteiger partial charge on any atom is 0.488 e. The van der Waals surface area contributed by atoms with Crippen LogP contribution in [0.25, 0.3) is 0 Å². The maximum atomic E-state index is 12.0. The van der Waals surface area contributed by atoms with E-state index in [9.17, 15) is 12.3 Å². The van der Waals surface area contributed by atoms with Gasteiger partial charge in [-0.25, -0.2) is 0 Å². The first-order chi connectivity index (χ1) is 6.01. The molecule has 0 heterocycles. The fourth-order valence-corrected chi connectivity index (χ4v) is 1.24. The first-order valence-corrected chi connectivity index (χ1v) is 5.05. The Balaban J connectivity index is 2.81. The van der Waals surface area contributed by atoms with Crippen molar-refractivity contribution < 1.29 is 16.5 Å². The number of hydrogen-bond donors (Lipinski definition) is 0. The fourth-order valence-electron chi connectivity index (χ4n) is 0.896. The lowest BCUT2D eigenvalue weighted by Crippen LogP contribution is -2.00. The Labute approximate surface area is 76.6 Å². The lowest BCUT2D eigenvalue weighted by Gasteiger charge is -2.00. The molecular weight excluding hydrogens is 195 g/mol. The number of rotatable bonds is 3. The maximum absolute atomic E-state index is 12.0. The molecule has 0 aliphatic carbocycles. The molecule has 0 aromatic heterocycles. The summed E-state index contributed by atoms with van der Waals surface area (Å²) in [5, 5.41) is 0. The van der Waals surface area contributed by atoms with Crippen molar-refractivity contribution in [3.8, 4) is 5.75 Å². The molecule has 0 unspecified atom stereocenters. The third kappa shape index (κ3) is 3.42. The third-order valence-corrected chi connectivity index (χ3v) is 1.92. The zero-order valence-electron chi connectivity index (χ0n) is 7.03. The predicted octanol–water partition coefficient (Wildman–Crippen LogP) is 1.84. The Morgan fingerprint density at radius 3 is 2.23 bits per heavy atom. The van der Waals surface area contributed by atoms with Crippen molar-refractivity contribution in [2.24, 2.45) is 0 Å². The van der Waals surface area contributed by atoms with Crippen LogP contribution in [-0.4, -0.2) is 8.42 Å². The van der Waals surface area contributed by atoms with Crippen LogP contribution < -0.4 is 4.18 Å². The first-order valence-electron chi connectivity index (χ1n) is 3.74. The zero-order valence-corrected chi connectivity index (χ0v) is 7.84. The standard InChI is InChI=1S/C8H9FO3S/c1-2-7-3-5-8(6-4-7)12-13(9,10)11/h3-6H,2H2,1H3. The number of halogens is 1. The van der Waals surface area contributed by atoms with E-state index in [1.807, 2.05) is 6.92 Å². The van der Waals surface area contributed by atoms with Crippen LogP contribution in [-0.2, 0) is 16.9 Å². The first kappa shape index (κ1) is 9.98. The van der Waals surface area contributed by atoms with Crippen LogP contribution in [0.1, 0.15) is 12.5 Å². The number of aryl methyl sites for hydroxylation is 1. The van der Waals surface area contributed by atoms with Gasteiger partial charge in [0.05, 0.1) is 0 Å². The second-order valence-corrected chi connectivity index (χ2v) is 3.43. The summed E-state index contributed by atoms with van der Waals surface area (Å²) in [6.07, 6.45) is 0.836. The Morgan fingerprint density at radius 2 is 1.85 bits per heavy atom. The summed E-state index contributed by atoms with van der Waals surface area (Å²) in [6, 6.07) is 6.19. The second-order valence-electron chi connectivity index (χ2n) is 2.47. The van der Waals surface area contributed by atoms with Gasteiger partial charge >= 0.3 is 10.5 Å². The van der Waals surface area contributed by atoms with Crippen molar-refractivity contribution in [2.45, 2.75) is 13.3 Å². The molecule has 0 amide bonds. The number of benzene rings is 1. The molecule has 0 saturated heterocycles. The second kappa shape index (κ2) is 3.74. The van der Waals surface area contributed by atoms with E-state index < -0.39 is 10.5 Å². The van der Waals surface area contributed by atoms with Gasteiger partial charge in [0, 0.05) is 0 Å². The molecule has 0 saturated carbocycles. The van der Waals surface area contributed by atoms with Crippen LogP contribution in [0, 0.1) is 0 Å². The summed E-state index contributed by atoms with van der Waals surface area (Å²) in [4.78, 5) is 0. The van der Waals surface area contributed by atoms with Gasteiger partial charge in [-0.3, -0.25) is 0 Å². The molecule has 0 spiro atoms. The zero-order chi connectivity index (χ0) is 9.90. The minimum atomic E-state index is -4.90. The van der Waals surface area contributed by atoms with Gasteiger partial charge in [-0.1, -0.05) is 22.9 Å². The summed E-state index contributed by atoms with van der Waals surface area (Å²) in [7, 11) is -4.90. The Bertz CT molecular complexity index is 369. The Kier molecular flexibility index (Phi) is 2.87. The minimum Gasteiger partial charge on any atom is -0.358 e. The van der Waals surface area contributed by atoms with Crippen LogP contribution in [0.5, 0.6) is 5.75 Å². The highest BCUT2D eigenvalue weighted by Gasteiger charge is 2.08. The molecule has 0 aliphatic heterocycles. The van der Waals surface area contributed by atoms with E-state index in [1.54, 1.807) is 12.1 Å². The highest BCUT2D eigenvalue weighted by Crippen LogP contribution is 2.14. The Morgan fingerprint density at radius 1 is 1.31 bits per heavy atom. The molecule has 1 rings (SSSR count). The predicted molar refractivity (Wildman–Crippen MR) is 46.5 cm³/mol. The molecular formula is C8H9FO3S. The highest BCUT2D eigenvalue weighted by molar-refractivity contribution is 7.81. The van der Waals surface area contributed by atoms with E-state index in [1.165, 1.54) is 12.1 Å². The third-order valence-electron chi connectivity index (χ3n) is 1.53. The molecule has 0 radical (unpaired) electrons. The summed E-state index contributed by atoms with van der Waals surface area (Å²) in [5.41, 5.74) is 1.03. The molecule has 72 valence electrons. The molecule has 0 atom stereocenters. The van der Waals surface area contributed by atoms with Crippen LogP contribution in [0.2, 0.25) is 0 Å². The monoisotopic (exact) mass is 204 g/mol.